The Bertz CT molecular complexity index is 1290. The summed E-state index contributed by atoms with van der Waals surface area (Å²) in [5.74, 6) is -0.543. The highest BCUT2D eigenvalue weighted by atomic mass is 35.5. The molecule has 1 unspecified atom stereocenters. The summed E-state index contributed by atoms with van der Waals surface area (Å²) in [5, 5.41) is 13.5. The largest absolute Gasteiger partial charge is 0.394 e. The summed E-state index contributed by atoms with van der Waals surface area (Å²) in [4.78, 5) is 38.0. The van der Waals surface area contributed by atoms with Gasteiger partial charge in [-0.1, -0.05) is 11.6 Å². The number of halogens is 1. The van der Waals surface area contributed by atoms with E-state index in [1.54, 1.807) is 42.9 Å². The van der Waals surface area contributed by atoms with E-state index in [1.165, 1.54) is 18.6 Å². The Kier molecular flexibility index (Phi) is 6.25. The average molecular weight is 450 g/mol. The molecule has 4 heterocycles. The first-order valence-electron chi connectivity index (χ1n) is 9.91. The molecule has 0 spiro atoms. The second-order valence-corrected chi connectivity index (χ2v) is 7.80. The van der Waals surface area contributed by atoms with Crippen molar-refractivity contribution in [2.75, 3.05) is 11.9 Å². The molecule has 0 saturated heterocycles. The zero-order chi connectivity index (χ0) is 22.7. The molecule has 9 heteroatoms. The molecule has 32 heavy (non-hydrogen) atoms. The van der Waals surface area contributed by atoms with Crippen molar-refractivity contribution in [3.05, 3.63) is 83.3 Å². The number of amides is 1. The van der Waals surface area contributed by atoms with Gasteiger partial charge >= 0.3 is 0 Å². The summed E-state index contributed by atoms with van der Waals surface area (Å²) in [6.07, 6.45) is 9.46. The third kappa shape index (κ3) is 4.51. The molecule has 0 saturated carbocycles. The Morgan fingerprint density at radius 3 is 2.75 bits per heavy atom. The maximum Gasteiger partial charge on any atom is 0.230 e. The fourth-order valence-corrected chi connectivity index (χ4v) is 3.51. The smallest absolute Gasteiger partial charge is 0.230 e. The summed E-state index contributed by atoms with van der Waals surface area (Å²) in [5.41, 5.74) is 2.56. The number of carbonyl (C=O) groups excluding carboxylic acids is 2. The van der Waals surface area contributed by atoms with Crippen molar-refractivity contribution in [2.24, 2.45) is 0 Å². The number of aliphatic hydroxyl groups excluding tert-OH is 1. The van der Waals surface area contributed by atoms with Crippen molar-refractivity contribution in [1.29, 1.82) is 0 Å². The highest BCUT2D eigenvalue weighted by Gasteiger charge is 2.20. The second-order valence-electron chi connectivity index (χ2n) is 7.36. The van der Waals surface area contributed by atoms with Gasteiger partial charge in [0.25, 0.3) is 0 Å². The van der Waals surface area contributed by atoms with Gasteiger partial charge in [-0.25, -0.2) is 0 Å². The number of hydrogen-bond donors (Lipinski definition) is 2. The third-order valence-electron chi connectivity index (χ3n) is 5.03. The predicted molar refractivity (Wildman–Crippen MR) is 121 cm³/mol. The van der Waals surface area contributed by atoms with Gasteiger partial charge in [0.1, 0.15) is 0 Å². The van der Waals surface area contributed by atoms with Gasteiger partial charge in [-0.3, -0.25) is 24.5 Å². The molecule has 4 aromatic rings. The van der Waals surface area contributed by atoms with E-state index in [4.69, 9.17) is 11.6 Å². The van der Waals surface area contributed by atoms with E-state index in [1.807, 2.05) is 11.5 Å². The van der Waals surface area contributed by atoms with Crippen LogP contribution in [0.1, 0.15) is 34.6 Å². The zero-order valence-electron chi connectivity index (χ0n) is 17.2. The lowest BCUT2D eigenvalue weighted by atomic mass is 10.0. The number of nitrogens with one attached hydrogen (secondary N) is 1. The molecule has 2 N–H and O–H groups in total. The SMILES string of the molecule is CC(CO)n1cc(C(=O)c2cncc(NC(=O)Cc3ccc(Cl)cn3)c2)c2cnccc21. The fourth-order valence-electron chi connectivity index (χ4n) is 3.40. The predicted octanol–water partition coefficient (Wildman–Crippen LogP) is 3.45. The van der Waals surface area contributed by atoms with Crippen LogP contribution in [-0.4, -0.2) is 42.9 Å². The number of carbonyl (C=O) groups is 2. The molecule has 1 atom stereocenters. The summed E-state index contributed by atoms with van der Waals surface area (Å²) in [6, 6.07) is 6.53. The molecule has 0 aliphatic rings. The Morgan fingerprint density at radius 2 is 2.00 bits per heavy atom. The molecule has 0 aliphatic heterocycles. The molecule has 0 radical (unpaired) electrons. The lowest BCUT2D eigenvalue weighted by molar-refractivity contribution is -0.115. The first-order chi connectivity index (χ1) is 15.5. The summed E-state index contributed by atoms with van der Waals surface area (Å²) >= 11 is 5.82. The van der Waals surface area contributed by atoms with Crippen molar-refractivity contribution in [3.8, 4) is 0 Å². The number of fused-ring (bicyclic) bond motifs is 1. The fraction of sp³-hybridized carbons (Fsp3) is 0.174. The minimum Gasteiger partial charge on any atom is -0.394 e. The third-order valence-corrected chi connectivity index (χ3v) is 5.26. The highest BCUT2D eigenvalue weighted by Crippen LogP contribution is 2.26. The van der Waals surface area contributed by atoms with Crippen LogP contribution >= 0.6 is 11.6 Å². The highest BCUT2D eigenvalue weighted by molar-refractivity contribution is 6.30. The van der Waals surface area contributed by atoms with Crippen molar-refractivity contribution in [1.82, 2.24) is 19.5 Å². The van der Waals surface area contributed by atoms with Gasteiger partial charge < -0.3 is 15.0 Å². The molecule has 0 fully saturated rings. The minimum absolute atomic E-state index is 0.0630. The van der Waals surface area contributed by atoms with E-state index in [0.29, 0.717) is 32.9 Å². The molecular weight excluding hydrogens is 430 g/mol. The topological polar surface area (TPSA) is 110 Å². The number of nitrogens with zero attached hydrogens (tertiary/aromatic N) is 4. The lowest BCUT2D eigenvalue weighted by Crippen LogP contribution is -2.15. The normalized spacial score (nSPS) is 12.0. The zero-order valence-corrected chi connectivity index (χ0v) is 18.0. The molecule has 0 aromatic carbocycles. The number of aliphatic hydroxyl groups is 1. The van der Waals surface area contributed by atoms with Crippen molar-refractivity contribution in [3.63, 3.8) is 0 Å². The Hall–Kier alpha value is -3.62. The number of hydrogen-bond acceptors (Lipinski definition) is 6. The van der Waals surface area contributed by atoms with Crippen LogP contribution in [-0.2, 0) is 11.2 Å². The standard InChI is InChI=1S/C23H20ClN5O3/c1-14(13-30)29-12-20(19-11-25-5-4-21(19)29)23(32)15-6-18(10-26-8-15)28-22(31)7-17-3-2-16(24)9-27-17/h2-6,8-12,14,30H,7,13H2,1H3,(H,28,31). The van der Waals surface area contributed by atoms with E-state index in [2.05, 4.69) is 20.3 Å². The van der Waals surface area contributed by atoms with Crippen LogP contribution in [0.3, 0.4) is 0 Å². The van der Waals surface area contributed by atoms with Crippen LogP contribution in [0.2, 0.25) is 5.02 Å². The van der Waals surface area contributed by atoms with Crippen molar-refractivity contribution < 1.29 is 14.7 Å². The molecule has 8 nitrogen and oxygen atoms in total. The number of pyridine rings is 3. The quantitative estimate of drug-likeness (QED) is 0.418. The van der Waals surface area contributed by atoms with Crippen LogP contribution in [0.25, 0.3) is 10.9 Å². The Balaban J connectivity index is 1.57. The van der Waals surface area contributed by atoms with E-state index >= 15 is 0 Å². The summed E-state index contributed by atoms with van der Waals surface area (Å²) in [6.45, 7) is 1.80. The second kappa shape index (κ2) is 9.25. The van der Waals surface area contributed by atoms with E-state index in [-0.39, 0.29) is 30.8 Å². The maximum atomic E-state index is 13.3. The minimum atomic E-state index is -0.288. The molecule has 0 bridgehead atoms. The van der Waals surface area contributed by atoms with Crippen LogP contribution < -0.4 is 5.32 Å². The van der Waals surface area contributed by atoms with Gasteiger partial charge in [-0.2, -0.15) is 0 Å². The Labute approximate surface area is 188 Å². The molecule has 4 rings (SSSR count). The van der Waals surface area contributed by atoms with Gasteiger partial charge in [-0.05, 0) is 31.2 Å². The number of aromatic nitrogens is 4. The van der Waals surface area contributed by atoms with Crippen LogP contribution in [0, 0.1) is 0 Å². The van der Waals surface area contributed by atoms with E-state index in [9.17, 15) is 14.7 Å². The number of anilines is 1. The van der Waals surface area contributed by atoms with Crippen LogP contribution in [0.5, 0.6) is 0 Å². The van der Waals surface area contributed by atoms with Crippen LogP contribution in [0.15, 0.2) is 61.4 Å². The molecule has 1 amide bonds. The van der Waals surface area contributed by atoms with Crippen molar-refractivity contribution >= 4 is 39.9 Å². The first-order valence-corrected chi connectivity index (χ1v) is 10.3. The Morgan fingerprint density at radius 1 is 1.16 bits per heavy atom. The molecule has 4 aromatic heterocycles. The summed E-state index contributed by atoms with van der Waals surface area (Å²) in [7, 11) is 0. The monoisotopic (exact) mass is 449 g/mol. The first kappa shape index (κ1) is 21.6. The molecular formula is C23H20ClN5O3. The van der Waals surface area contributed by atoms with Crippen molar-refractivity contribution in [2.45, 2.75) is 19.4 Å². The van der Waals surface area contributed by atoms with Gasteiger partial charge in [-0.15, -0.1) is 0 Å². The average Bonchev–Trinajstić information content (AvgIpc) is 3.19. The van der Waals surface area contributed by atoms with Gasteiger partial charge in [0.15, 0.2) is 5.78 Å². The van der Waals surface area contributed by atoms with E-state index < -0.39 is 0 Å². The van der Waals surface area contributed by atoms with Gasteiger partial charge in [0.05, 0.1) is 41.5 Å². The van der Waals surface area contributed by atoms with Gasteiger partial charge in [0.2, 0.25) is 5.91 Å². The van der Waals surface area contributed by atoms with E-state index in [0.717, 1.165) is 5.52 Å². The molecule has 162 valence electrons. The van der Waals surface area contributed by atoms with Crippen LogP contribution in [0.4, 0.5) is 5.69 Å². The van der Waals surface area contributed by atoms with Gasteiger partial charge in [0, 0.05) is 53.2 Å². The lowest BCUT2D eigenvalue weighted by Gasteiger charge is -2.11. The molecule has 0 aliphatic carbocycles. The summed E-state index contributed by atoms with van der Waals surface area (Å²) < 4.78 is 1.85. The number of ketones is 1. The number of rotatable bonds is 7. The maximum absolute atomic E-state index is 13.3.